The molecule has 2 heterocycles. The molecule has 5 aromatic rings. The van der Waals surface area contributed by atoms with Crippen LogP contribution in [0.5, 0.6) is 11.5 Å². The average Bonchev–Trinajstić information content (AvgIpc) is 2.93. The van der Waals surface area contributed by atoms with E-state index in [1.54, 1.807) is 0 Å². The van der Waals surface area contributed by atoms with Crippen LogP contribution in [0, 0.1) is 0 Å². The van der Waals surface area contributed by atoms with E-state index in [1.807, 2.05) is 18.2 Å². The predicted octanol–water partition coefficient (Wildman–Crippen LogP) is 8.78. The number of hydrogen-bond acceptors (Lipinski definition) is 4. The largest absolute Gasteiger partial charge is 0.453 e. The van der Waals surface area contributed by atoms with Crippen molar-refractivity contribution < 1.29 is 4.74 Å². The van der Waals surface area contributed by atoms with Gasteiger partial charge in [0.2, 0.25) is 0 Å². The molecule has 5 aromatic carbocycles. The van der Waals surface area contributed by atoms with Crippen molar-refractivity contribution in [1.82, 2.24) is 0 Å². The first-order chi connectivity index (χ1) is 17.7. The zero-order valence-corrected chi connectivity index (χ0v) is 20.2. The Bertz CT molecular complexity index is 1610. The second-order valence-electron chi connectivity index (χ2n) is 9.23. The highest BCUT2D eigenvalue weighted by atomic mass is 16.5. The molecule has 0 saturated carbocycles. The van der Waals surface area contributed by atoms with Gasteiger partial charge in [-0.3, -0.25) is 0 Å². The maximum absolute atomic E-state index is 6.30. The summed E-state index contributed by atoms with van der Waals surface area (Å²) >= 11 is 0. The number of anilines is 7. The van der Waals surface area contributed by atoms with Gasteiger partial charge in [0.25, 0.3) is 0 Å². The highest BCUT2D eigenvalue weighted by molar-refractivity contribution is 5.99. The van der Waals surface area contributed by atoms with Crippen molar-refractivity contribution in [2.75, 3.05) is 28.8 Å². The minimum Gasteiger partial charge on any atom is -0.453 e. The van der Waals surface area contributed by atoms with Crippen LogP contribution in [0.1, 0.15) is 0 Å². The number of fused-ring (bicyclic) bond motifs is 4. The SMILES string of the molecule is CN1c2ccccc2Oc2cc(-c3ccc4c(c3)N(C)c3ccccc3N4c3ccccc3)ccc21. The van der Waals surface area contributed by atoms with E-state index >= 15 is 0 Å². The molecule has 0 amide bonds. The van der Waals surface area contributed by atoms with Gasteiger partial charge in [-0.05, 0) is 71.8 Å². The Kier molecular flexibility index (Phi) is 4.55. The van der Waals surface area contributed by atoms with Gasteiger partial charge in [0.15, 0.2) is 11.5 Å². The van der Waals surface area contributed by atoms with Crippen molar-refractivity contribution in [3.63, 3.8) is 0 Å². The molecule has 0 saturated heterocycles. The monoisotopic (exact) mass is 467 g/mol. The molecule has 0 spiro atoms. The van der Waals surface area contributed by atoms with Gasteiger partial charge in [0, 0.05) is 19.8 Å². The third kappa shape index (κ3) is 3.08. The topological polar surface area (TPSA) is 19.0 Å². The molecule has 0 radical (unpaired) electrons. The number of benzene rings is 5. The van der Waals surface area contributed by atoms with Gasteiger partial charge in [-0.15, -0.1) is 0 Å². The quantitative estimate of drug-likeness (QED) is 0.258. The minimum atomic E-state index is 0.871. The van der Waals surface area contributed by atoms with E-state index in [1.165, 1.54) is 11.4 Å². The van der Waals surface area contributed by atoms with E-state index in [2.05, 4.69) is 126 Å². The van der Waals surface area contributed by atoms with Crippen LogP contribution in [-0.4, -0.2) is 14.1 Å². The molecule has 174 valence electrons. The molecule has 0 aliphatic carbocycles. The van der Waals surface area contributed by atoms with Crippen LogP contribution in [0.25, 0.3) is 11.1 Å². The molecule has 0 N–H and O–H groups in total. The van der Waals surface area contributed by atoms with Crippen molar-refractivity contribution in [3.8, 4) is 22.6 Å². The van der Waals surface area contributed by atoms with Gasteiger partial charge >= 0.3 is 0 Å². The summed E-state index contributed by atoms with van der Waals surface area (Å²) in [5.74, 6) is 1.75. The molecule has 0 bridgehead atoms. The van der Waals surface area contributed by atoms with E-state index in [0.29, 0.717) is 0 Å². The summed E-state index contributed by atoms with van der Waals surface area (Å²) in [6.45, 7) is 0. The molecule has 0 unspecified atom stereocenters. The third-order valence-corrected chi connectivity index (χ3v) is 7.18. The Balaban J connectivity index is 1.34. The molecule has 0 aromatic heterocycles. The molecular formula is C32H25N3O. The number of rotatable bonds is 2. The van der Waals surface area contributed by atoms with Crippen LogP contribution in [0.4, 0.5) is 39.8 Å². The van der Waals surface area contributed by atoms with Crippen LogP contribution in [0.15, 0.2) is 115 Å². The molecule has 0 fully saturated rings. The van der Waals surface area contributed by atoms with E-state index in [9.17, 15) is 0 Å². The van der Waals surface area contributed by atoms with Gasteiger partial charge in [-0.25, -0.2) is 0 Å². The van der Waals surface area contributed by atoms with E-state index < -0.39 is 0 Å². The van der Waals surface area contributed by atoms with Crippen molar-refractivity contribution >= 4 is 39.8 Å². The molecule has 4 nitrogen and oxygen atoms in total. The molecular weight excluding hydrogens is 442 g/mol. The summed E-state index contributed by atoms with van der Waals surface area (Å²) in [5.41, 5.74) is 10.3. The summed E-state index contributed by atoms with van der Waals surface area (Å²) in [6.07, 6.45) is 0. The molecule has 0 atom stereocenters. The zero-order chi connectivity index (χ0) is 24.2. The van der Waals surface area contributed by atoms with Gasteiger partial charge in [0.1, 0.15) is 0 Å². The Hall–Kier alpha value is -4.70. The third-order valence-electron chi connectivity index (χ3n) is 7.18. The van der Waals surface area contributed by atoms with Gasteiger partial charge in [-0.2, -0.15) is 0 Å². The summed E-state index contributed by atoms with van der Waals surface area (Å²) in [6, 6.07) is 40.5. The van der Waals surface area contributed by atoms with E-state index in [4.69, 9.17) is 4.74 Å². The van der Waals surface area contributed by atoms with Gasteiger partial charge < -0.3 is 19.4 Å². The average molecular weight is 468 g/mol. The number of ether oxygens (including phenoxy) is 1. The Morgan fingerprint density at radius 2 is 1.00 bits per heavy atom. The lowest BCUT2D eigenvalue weighted by atomic mass is 9.99. The first-order valence-corrected chi connectivity index (χ1v) is 12.2. The summed E-state index contributed by atoms with van der Waals surface area (Å²) in [4.78, 5) is 6.82. The first-order valence-electron chi connectivity index (χ1n) is 12.2. The molecule has 2 aliphatic heterocycles. The highest BCUT2D eigenvalue weighted by Gasteiger charge is 2.28. The predicted molar refractivity (Wildman–Crippen MR) is 149 cm³/mol. The molecule has 2 aliphatic rings. The Morgan fingerprint density at radius 3 is 1.81 bits per heavy atom. The van der Waals surface area contributed by atoms with Crippen LogP contribution >= 0.6 is 0 Å². The lowest BCUT2D eigenvalue weighted by Gasteiger charge is -2.39. The van der Waals surface area contributed by atoms with Crippen LogP contribution in [-0.2, 0) is 0 Å². The smallest absolute Gasteiger partial charge is 0.151 e. The maximum Gasteiger partial charge on any atom is 0.151 e. The summed E-state index contributed by atoms with van der Waals surface area (Å²) in [5, 5.41) is 0. The summed E-state index contributed by atoms with van der Waals surface area (Å²) < 4.78 is 6.30. The van der Waals surface area contributed by atoms with Crippen LogP contribution in [0.2, 0.25) is 0 Å². The van der Waals surface area contributed by atoms with Crippen LogP contribution in [0.3, 0.4) is 0 Å². The van der Waals surface area contributed by atoms with Gasteiger partial charge in [-0.1, -0.05) is 54.6 Å². The zero-order valence-electron chi connectivity index (χ0n) is 20.2. The molecule has 7 rings (SSSR count). The standard InChI is InChI=1S/C32H25N3O/c1-33-25-12-6-7-13-26(25)35(24-10-4-3-5-11-24)27-18-16-22(20-30(27)33)23-17-19-29-32(21-23)36-31-15-9-8-14-28(31)34(29)2/h3-21H,1-2H3. The fourth-order valence-corrected chi connectivity index (χ4v) is 5.33. The van der Waals surface area contributed by atoms with Gasteiger partial charge in [0.05, 0.1) is 34.1 Å². The number of nitrogens with zero attached hydrogens (tertiary/aromatic N) is 3. The fraction of sp³-hybridized carbons (Fsp3) is 0.0625. The maximum atomic E-state index is 6.30. The normalized spacial score (nSPS) is 13.3. The van der Waals surface area contributed by atoms with Crippen molar-refractivity contribution in [2.45, 2.75) is 0 Å². The lowest BCUT2D eigenvalue weighted by Crippen LogP contribution is -2.24. The van der Waals surface area contributed by atoms with E-state index in [-0.39, 0.29) is 0 Å². The van der Waals surface area contributed by atoms with Crippen molar-refractivity contribution in [3.05, 3.63) is 115 Å². The Morgan fingerprint density at radius 1 is 0.444 bits per heavy atom. The first kappa shape index (κ1) is 20.7. The second-order valence-corrected chi connectivity index (χ2v) is 9.23. The van der Waals surface area contributed by atoms with Crippen molar-refractivity contribution in [1.29, 1.82) is 0 Å². The fourth-order valence-electron chi connectivity index (χ4n) is 5.33. The van der Waals surface area contributed by atoms with Crippen LogP contribution < -0.4 is 19.4 Å². The number of para-hydroxylation sites is 5. The highest BCUT2D eigenvalue weighted by Crippen LogP contribution is 2.52. The minimum absolute atomic E-state index is 0.871. The van der Waals surface area contributed by atoms with Crippen molar-refractivity contribution in [2.24, 2.45) is 0 Å². The second kappa shape index (κ2) is 7.92. The number of hydrogen-bond donors (Lipinski definition) is 0. The summed E-state index contributed by atoms with van der Waals surface area (Å²) in [7, 11) is 4.23. The van der Waals surface area contributed by atoms with E-state index in [0.717, 1.165) is 51.1 Å². The Labute approximate surface area is 211 Å². The molecule has 4 heteroatoms. The molecule has 36 heavy (non-hydrogen) atoms. The lowest BCUT2D eigenvalue weighted by molar-refractivity contribution is 0.476.